The van der Waals surface area contributed by atoms with Crippen LogP contribution in [-0.2, 0) is 16.0 Å². The van der Waals surface area contributed by atoms with Crippen LogP contribution in [0.1, 0.15) is 25.3 Å². The molecule has 0 fully saturated rings. The van der Waals surface area contributed by atoms with Gasteiger partial charge in [-0.3, -0.25) is 4.79 Å². The average Bonchev–Trinajstić information content (AvgIpc) is 2.82. The summed E-state index contributed by atoms with van der Waals surface area (Å²) in [5, 5.41) is 6.20. The quantitative estimate of drug-likeness (QED) is 0.760. The van der Waals surface area contributed by atoms with Gasteiger partial charge in [-0.15, -0.1) is 0 Å². The van der Waals surface area contributed by atoms with Gasteiger partial charge in [-0.2, -0.15) is 0 Å². The maximum atomic E-state index is 11.7. The Balaban J connectivity index is 1.80. The third-order valence-electron chi connectivity index (χ3n) is 2.92. The van der Waals surface area contributed by atoms with E-state index >= 15 is 0 Å². The normalized spacial score (nSPS) is 12.9. The fraction of sp³-hybridized carbons (Fsp3) is 0.500. The van der Waals surface area contributed by atoms with E-state index in [0.717, 1.165) is 31.7 Å². The van der Waals surface area contributed by atoms with E-state index in [4.69, 9.17) is 4.74 Å². The molecule has 0 saturated heterocycles. The minimum Gasteiger partial charge on any atom is -0.384 e. The molecule has 98 valence electrons. The molecule has 1 aliphatic rings. The van der Waals surface area contributed by atoms with Gasteiger partial charge < -0.3 is 15.4 Å². The standard InChI is InChI=1S/C14H20N2O2/c1-2-8-18-9-6-14(17)16-12-3-4-13-11(10-12)5-7-15-13/h3-4,10,15H,2,5-9H2,1H3,(H,16,17). The predicted molar refractivity (Wildman–Crippen MR) is 73.0 cm³/mol. The summed E-state index contributed by atoms with van der Waals surface area (Å²) in [6.45, 7) is 4.25. The fourth-order valence-electron chi connectivity index (χ4n) is 2.02. The molecule has 1 heterocycles. The van der Waals surface area contributed by atoms with Crippen LogP contribution in [0.2, 0.25) is 0 Å². The van der Waals surface area contributed by atoms with Gasteiger partial charge in [-0.05, 0) is 36.6 Å². The number of anilines is 2. The van der Waals surface area contributed by atoms with Gasteiger partial charge >= 0.3 is 0 Å². The highest BCUT2D eigenvalue weighted by atomic mass is 16.5. The van der Waals surface area contributed by atoms with E-state index in [2.05, 4.69) is 17.6 Å². The Morgan fingerprint density at radius 1 is 1.44 bits per heavy atom. The average molecular weight is 248 g/mol. The minimum absolute atomic E-state index is 0.0111. The number of fused-ring (bicyclic) bond motifs is 1. The molecule has 1 aromatic carbocycles. The van der Waals surface area contributed by atoms with Crippen molar-refractivity contribution >= 4 is 17.3 Å². The van der Waals surface area contributed by atoms with Crippen LogP contribution in [0.4, 0.5) is 11.4 Å². The summed E-state index contributed by atoms with van der Waals surface area (Å²) >= 11 is 0. The first kappa shape index (κ1) is 12.9. The number of hydrogen-bond donors (Lipinski definition) is 2. The Labute approximate surface area is 108 Å². The van der Waals surface area contributed by atoms with E-state index in [0.29, 0.717) is 13.0 Å². The maximum Gasteiger partial charge on any atom is 0.226 e. The highest BCUT2D eigenvalue weighted by molar-refractivity contribution is 5.91. The van der Waals surface area contributed by atoms with Gasteiger partial charge in [-0.25, -0.2) is 0 Å². The van der Waals surface area contributed by atoms with Crippen molar-refractivity contribution in [3.63, 3.8) is 0 Å². The molecule has 0 aliphatic carbocycles. The zero-order valence-corrected chi connectivity index (χ0v) is 10.8. The number of rotatable bonds is 6. The summed E-state index contributed by atoms with van der Waals surface area (Å²) < 4.78 is 5.29. The molecule has 4 nitrogen and oxygen atoms in total. The van der Waals surface area contributed by atoms with E-state index in [1.807, 2.05) is 18.2 Å². The van der Waals surface area contributed by atoms with Crippen molar-refractivity contribution in [2.24, 2.45) is 0 Å². The van der Waals surface area contributed by atoms with Crippen molar-refractivity contribution in [2.75, 3.05) is 30.4 Å². The Morgan fingerprint density at radius 2 is 2.33 bits per heavy atom. The lowest BCUT2D eigenvalue weighted by Gasteiger charge is -2.07. The van der Waals surface area contributed by atoms with Gasteiger partial charge in [0, 0.05) is 24.5 Å². The molecule has 1 aliphatic heterocycles. The van der Waals surface area contributed by atoms with E-state index in [1.54, 1.807) is 0 Å². The largest absolute Gasteiger partial charge is 0.384 e. The van der Waals surface area contributed by atoms with Crippen LogP contribution in [0.15, 0.2) is 18.2 Å². The second-order valence-electron chi connectivity index (χ2n) is 4.46. The summed E-state index contributed by atoms with van der Waals surface area (Å²) in [4.78, 5) is 11.7. The molecule has 0 spiro atoms. The second-order valence-corrected chi connectivity index (χ2v) is 4.46. The molecular formula is C14H20N2O2. The van der Waals surface area contributed by atoms with Gasteiger partial charge in [0.15, 0.2) is 0 Å². The molecule has 0 unspecified atom stereocenters. The first-order valence-corrected chi connectivity index (χ1v) is 6.54. The Morgan fingerprint density at radius 3 is 3.17 bits per heavy atom. The second kappa shape index (κ2) is 6.40. The van der Waals surface area contributed by atoms with Crippen LogP contribution in [0.5, 0.6) is 0 Å². The van der Waals surface area contributed by atoms with Crippen molar-refractivity contribution in [3.8, 4) is 0 Å². The van der Waals surface area contributed by atoms with Crippen LogP contribution >= 0.6 is 0 Å². The zero-order valence-electron chi connectivity index (χ0n) is 10.8. The molecule has 0 atom stereocenters. The monoisotopic (exact) mass is 248 g/mol. The summed E-state index contributed by atoms with van der Waals surface area (Å²) in [7, 11) is 0. The summed E-state index contributed by atoms with van der Waals surface area (Å²) in [6, 6.07) is 5.99. The third kappa shape index (κ3) is 3.47. The third-order valence-corrected chi connectivity index (χ3v) is 2.92. The lowest BCUT2D eigenvalue weighted by molar-refractivity contribution is -0.117. The summed E-state index contributed by atoms with van der Waals surface area (Å²) in [5.74, 6) is 0.0111. The number of benzene rings is 1. The molecule has 2 N–H and O–H groups in total. The minimum atomic E-state index is 0.0111. The molecule has 0 saturated carbocycles. The highest BCUT2D eigenvalue weighted by Gasteiger charge is 2.10. The van der Waals surface area contributed by atoms with Crippen molar-refractivity contribution in [1.29, 1.82) is 0 Å². The van der Waals surface area contributed by atoms with E-state index in [1.165, 1.54) is 11.3 Å². The van der Waals surface area contributed by atoms with Crippen LogP contribution < -0.4 is 10.6 Å². The van der Waals surface area contributed by atoms with Crippen molar-refractivity contribution in [1.82, 2.24) is 0 Å². The van der Waals surface area contributed by atoms with Gasteiger partial charge in [0.1, 0.15) is 0 Å². The highest BCUT2D eigenvalue weighted by Crippen LogP contribution is 2.25. The number of hydrogen-bond acceptors (Lipinski definition) is 3. The van der Waals surface area contributed by atoms with Crippen LogP contribution in [0.25, 0.3) is 0 Å². The first-order chi connectivity index (χ1) is 8.79. The van der Waals surface area contributed by atoms with Gasteiger partial charge in [-0.1, -0.05) is 6.92 Å². The zero-order chi connectivity index (χ0) is 12.8. The number of nitrogens with one attached hydrogen (secondary N) is 2. The Hall–Kier alpha value is -1.55. The van der Waals surface area contributed by atoms with E-state index in [-0.39, 0.29) is 5.91 Å². The van der Waals surface area contributed by atoms with Crippen molar-refractivity contribution in [2.45, 2.75) is 26.2 Å². The lowest BCUT2D eigenvalue weighted by atomic mass is 10.1. The van der Waals surface area contributed by atoms with Gasteiger partial charge in [0.25, 0.3) is 0 Å². The van der Waals surface area contributed by atoms with E-state index < -0.39 is 0 Å². The molecule has 18 heavy (non-hydrogen) atoms. The summed E-state index contributed by atoms with van der Waals surface area (Å²) in [6.07, 6.45) is 2.42. The van der Waals surface area contributed by atoms with Gasteiger partial charge in [0.2, 0.25) is 5.91 Å². The smallest absolute Gasteiger partial charge is 0.226 e. The van der Waals surface area contributed by atoms with Gasteiger partial charge in [0.05, 0.1) is 13.0 Å². The molecule has 4 heteroatoms. The lowest BCUT2D eigenvalue weighted by Crippen LogP contribution is -2.14. The Kier molecular flexibility index (Phi) is 4.59. The molecule has 0 bridgehead atoms. The molecule has 2 rings (SSSR count). The number of amides is 1. The topological polar surface area (TPSA) is 50.4 Å². The van der Waals surface area contributed by atoms with Crippen molar-refractivity contribution in [3.05, 3.63) is 23.8 Å². The van der Waals surface area contributed by atoms with Crippen LogP contribution in [0.3, 0.4) is 0 Å². The molecule has 0 radical (unpaired) electrons. The number of carbonyl (C=O) groups is 1. The maximum absolute atomic E-state index is 11.7. The van der Waals surface area contributed by atoms with E-state index in [9.17, 15) is 4.79 Å². The fourth-order valence-corrected chi connectivity index (χ4v) is 2.02. The SMILES string of the molecule is CCCOCCC(=O)Nc1ccc2c(c1)CCN2. The number of ether oxygens (including phenoxy) is 1. The molecule has 1 aromatic rings. The van der Waals surface area contributed by atoms with Crippen LogP contribution in [-0.4, -0.2) is 25.7 Å². The molecule has 0 aromatic heterocycles. The number of carbonyl (C=O) groups excluding carboxylic acids is 1. The first-order valence-electron chi connectivity index (χ1n) is 6.54. The predicted octanol–water partition coefficient (Wildman–Crippen LogP) is 2.41. The molecular weight excluding hydrogens is 228 g/mol. The van der Waals surface area contributed by atoms with Crippen molar-refractivity contribution < 1.29 is 9.53 Å². The Bertz CT molecular complexity index is 418. The molecule has 1 amide bonds. The van der Waals surface area contributed by atoms with Crippen LogP contribution in [0, 0.1) is 0 Å². The summed E-state index contributed by atoms with van der Waals surface area (Å²) in [5.41, 5.74) is 3.33.